The number of carbonyl (C=O) groups is 1. The van der Waals surface area contributed by atoms with Gasteiger partial charge in [0.15, 0.2) is 0 Å². The van der Waals surface area contributed by atoms with Gasteiger partial charge in [-0.3, -0.25) is 4.79 Å². The van der Waals surface area contributed by atoms with Crippen LogP contribution in [0.3, 0.4) is 0 Å². The molecule has 0 saturated carbocycles. The van der Waals surface area contributed by atoms with E-state index in [4.69, 9.17) is 14.2 Å². The van der Waals surface area contributed by atoms with Gasteiger partial charge in [-0.25, -0.2) is 8.42 Å². The van der Waals surface area contributed by atoms with Crippen LogP contribution < -0.4 is 10.1 Å². The molecule has 9 heteroatoms. The normalized spacial score (nSPS) is 15.0. The molecule has 1 heterocycles. The van der Waals surface area contributed by atoms with E-state index in [1.807, 2.05) is 0 Å². The van der Waals surface area contributed by atoms with Crippen LogP contribution in [-0.2, 0) is 26.0 Å². The summed E-state index contributed by atoms with van der Waals surface area (Å²) >= 11 is 0. The summed E-state index contributed by atoms with van der Waals surface area (Å²) in [7, 11) is -1.95. The zero-order valence-corrected chi connectivity index (χ0v) is 17.7. The van der Waals surface area contributed by atoms with E-state index in [0.29, 0.717) is 50.8 Å². The Bertz CT molecular complexity index is 940. The fraction of sp³-hybridized carbons (Fsp3) is 0.381. The van der Waals surface area contributed by atoms with E-state index in [-0.39, 0.29) is 17.3 Å². The Balaban J connectivity index is 1.61. The van der Waals surface area contributed by atoms with E-state index in [2.05, 4.69) is 5.32 Å². The lowest BCUT2D eigenvalue weighted by Crippen LogP contribution is -2.40. The van der Waals surface area contributed by atoms with Gasteiger partial charge in [0.05, 0.1) is 30.3 Å². The number of morpholine rings is 1. The molecule has 0 atom stereocenters. The minimum atomic E-state index is -3.53. The van der Waals surface area contributed by atoms with Gasteiger partial charge in [-0.05, 0) is 29.8 Å². The Morgan fingerprint density at radius 3 is 2.47 bits per heavy atom. The molecule has 1 N–H and O–H groups in total. The minimum absolute atomic E-state index is 0.233. The summed E-state index contributed by atoms with van der Waals surface area (Å²) in [6.07, 6.45) is 0. The van der Waals surface area contributed by atoms with Crippen molar-refractivity contribution in [3.05, 3.63) is 59.7 Å². The average Bonchev–Trinajstić information content (AvgIpc) is 2.79. The molecule has 3 rings (SSSR count). The van der Waals surface area contributed by atoms with Crippen LogP contribution in [0.25, 0.3) is 0 Å². The Labute approximate surface area is 176 Å². The van der Waals surface area contributed by atoms with Crippen LogP contribution in [0.1, 0.15) is 15.9 Å². The monoisotopic (exact) mass is 434 g/mol. The lowest BCUT2D eigenvalue weighted by atomic mass is 10.1. The number of methoxy groups -OCH3 is 1. The first-order valence-electron chi connectivity index (χ1n) is 9.68. The van der Waals surface area contributed by atoms with Crippen molar-refractivity contribution in [2.45, 2.75) is 11.4 Å². The average molecular weight is 435 g/mol. The van der Waals surface area contributed by atoms with Gasteiger partial charge in [-0.2, -0.15) is 4.31 Å². The molecule has 162 valence electrons. The van der Waals surface area contributed by atoms with Gasteiger partial charge in [0.25, 0.3) is 5.91 Å². The van der Waals surface area contributed by atoms with Crippen molar-refractivity contribution < 1.29 is 27.4 Å². The van der Waals surface area contributed by atoms with Gasteiger partial charge >= 0.3 is 0 Å². The number of benzene rings is 2. The first kappa shape index (κ1) is 22.2. The molecule has 0 radical (unpaired) electrons. The van der Waals surface area contributed by atoms with Crippen LogP contribution in [0.4, 0.5) is 0 Å². The molecule has 1 aliphatic rings. The van der Waals surface area contributed by atoms with E-state index in [1.54, 1.807) is 55.6 Å². The number of para-hydroxylation sites is 1. The highest BCUT2D eigenvalue weighted by Gasteiger charge is 2.26. The van der Waals surface area contributed by atoms with Crippen molar-refractivity contribution in [2.75, 3.05) is 46.6 Å². The molecule has 1 amide bonds. The van der Waals surface area contributed by atoms with Gasteiger partial charge in [-0.15, -0.1) is 0 Å². The zero-order valence-electron chi connectivity index (χ0n) is 16.9. The molecule has 0 unspecified atom stereocenters. The fourth-order valence-electron chi connectivity index (χ4n) is 3.01. The molecule has 0 aliphatic carbocycles. The largest absolute Gasteiger partial charge is 0.490 e. The molecule has 0 spiro atoms. The summed E-state index contributed by atoms with van der Waals surface area (Å²) in [6.45, 7) is 2.55. The smallest absolute Gasteiger partial charge is 0.255 e. The van der Waals surface area contributed by atoms with Crippen molar-refractivity contribution >= 4 is 15.9 Å². The number of hydrogen-bond acceptors (Lipinski definition) is 6. The Morgan fingerprint density at radius 1 is 1.07 bits per heavy atom. The van der Waals surface area contributed by atoms with Crippen LogP contribution in [-0.4, -0.2) is 65.3 Å². The molecule has 0 bridgehead atoms. The molecular formula is C21H26N2O6S. The predicted octanol–water partition coefficient (Wildman–Crippen LogP) is 1.66. The summed E-state index contributed by atoms with van der Waals surface area (Å²) < 4.78 is 42.5. The first-order chi connectivity index (χ1) is 14.5. The number of ether oxygens (including phenoxy) is 3. The topological polar surface area (TPSA) is 94.2 Å². The van der Waals surface area contributed by atoms with Crippen molar-refractivity contribution in [3.63, 3.8) is 0 Å². The lowest BCUT2D eigenvalue weighted by Gasteiger charge is -2.26. The third-order valence-corrected chi connectivity index (χ3v) is 6.57. The Morgan fingerprint density at radius 2 is 1.77 bits per heavy atom. The molecular weight excluding hydrogens is 408 g/mol. The number of sulfonamides is 1. The van der Waals surface area contributed by atoms with Crippen molar-refractivity contribution in [2.24, 2.45) is 0 Å². The third-order valence-electron chi connectivity index (χ3n) is 4.66. The summed E-state index contributed by atoms with van der Waals surface area (Å²) in [5.41, 5.74) is 1.22. The number of carbonyl (C=O) groups excluding carboxylic acids is 1. The van der Waals surface area contributed by atoms with Crippen LogP contribution in [0, 0.1) is 0 Å². The van der Waals surface area contributed by atoms with Crippen molar-refractivity contribution in [3.8, 4) is 5.75 Å². The van der Waals surface area contributed by atoms with Gasteiger partial charge in [0, 0.05) is 26.7 Å². The second-order valence-corrected chi connectivity index (χ2v) is 8.62. The first-order valence-corrected chi connectivity index (χ1v) is 11.1. The maximum atomic E-state index is 12.7. The summed E-state index contributed by atoms with van der Waals surface area (Å²) in [6, 6.07) is 13.5. The zero-order chi connectivity index (χ0) is 21.4. The maximum absolute atomic E-state index is 12.7. The quantitative estimate of drug-likeness (QED) is 0.604. The number of hydrogen-bond donors (Lipinski definition) is 1. The van der Waals surface area contributed by atoms with Crippen LogP contribution in [0.5, 0.6) is 5.75 Å². The van der Waals surface area contributed by atoms with Gasteiger partial charge in [0.1, 0.15) is 12.4 Å². The predicted molar refractivity (Wildman–Crippen MR) is 111 cm³/mol. The Kier molecular flexibility index (Phi) is 7.81. The van der Waals surface area contributed by atoms with E-state index in [9.17, 15) is 13.2 Å². The summed E-state index contributed by atoms with van der Waals surface area (Å²) in [5.74, 6) is 0.215. The lowest BCUT2D eigenvalue weighted by molar-refractivity contribution is 0.0730. The molecule has 1 fully saturated rings. The fourth-order valence-corrected chi connectivity index (χ4v) is 4.42. The molecule has 1 saturated heterocycles. The SMILES string of the molecule is COCCOc1ccccc1C(=O)NCc1ccc(S(=O)(=O)N2CCOCC2)cc1. The van der Waals surface area contributed by atoms with E-state index < -0.39 is 10.0 Å². The van der Waals surface area contributed by atoms with Crippen LogP contribution >= 0.6 is 0 Å². The van der Waals surface area contributed by atoms with Gasteiger partial charge in [0.2, 0.25) is 10.0 Å². The van der Waals surface area contributed by atoms with Gasteiger partial charge < -0.3 is 19.5 Å². The number of amides is 1. The Hall–Kier alpha value is -2.46. The molecule has 0 aromatic heterocycles. The highest BCUT2D eigenvalue weighted by Crippen LogP contribution is 2.19. The van der Waals surface area contributed by atoms with Crippen LogP contribution in [0.2, 0.25) is 0 Å². The number of nitrogens with one attached hydrogen (secondary N) is 1. The van der Waals surface area contributed by atoms with E-state index >= 15 is 0 Å². The molecule has 30 heavy (non-hydrogen) atoms. The summed E-state index contributed by atoms with van der Waals surface area (Å²) in [5, 5.41) is 2.84. The molecule has 2 aromatic carbocycles. The maximum Gasteiger partial charge on any atom is 0.255 e. The number of rotatable bonds is 9. The standard InChI is InChI=1S/C21H26N2O6S/c1-27-14-15-29-20-5-3-2-4-19(20)21(24)22-16-17-6-8-18(9-7-17)30(25,26)23-10-12-28-13-11-23/h2-9H,10-16H2,1H3,(H,22,24). The number of nitrogens with zero attached hydrogens (tertiary/aromatic N) is 1. The highest BCUT2D eigenvalue weighted by molar-refractivity contribution is 7.89. The van der Waals surface area contributed by atoms with Crippen LogP contribution in [0.15, 0.2) is 53.4 Å². The van der Waals surface area contributed by atoms with Gasteiger partial charge in [-0.1, -0.05) is 24.3 Å². The van der Waals surface area contributed by atoms with E-state index in [0.717, 1.165) is 5.56 Å². The second-order valence-electron chi connectivity index (χ2n) is 6.68. The molecule has 8 nitrogen and oxygen atoms in total. The second kappa shape index (κ2) is 10.5. The minimum Gasteiger partial charge on any atom is -0.490 e. The van der Waals surface area contributed by atoms with Crippen molar-refractivity contribution in [1.82, 2.24) is 9.62 Å². The van der Waals surface area contributed by atoms with E-state index in [1.165, 1.54) is 4.31 Å². The third kappa shape index (κ3) is 5.57. The molecule has 1 aliphatic heterocycles. The summed E-state index contributed by atoms with van der Waals surface area (Å²) in [4.78, 5) is 12.8. The van der Waals surface area contributed by atoms with Crippen molar-refractivity contribution in [1.29, 1.82) is 0 Å². The molecule has 2 aromatic rings. The highest BCUT2D eigenvalue weighted by atomic mass is 32.2.